The summed E-state index contributed by atoms with van der Waals surface area (Å²) in [4.78, 5) is 11.2. The third-order valence-corrected chi connectivity index (χ3v) is 3.18. The lowest BCUT2D eigenvalue weighted by Gasteiger charge is -2.35. The SMILES string of the molecule is CNC(=O)OC(C)(C)[C@@H]1CC=C(C)CC1. The van der Waals surface area contributed by atoms with E-state index in [0.717, 1.165) is 19.3 Å². The Morgan fingerprint density at radius 2 is 2.27 bits per heavy atom. The van der Waals surface area contributed by atoms with Crippen LogP contribution in [0.2, 0.25) is 0 Å². The van der Waals surface area contributed by atoms with Crippen LogP contribution < -0.4 is 5.32 Å². The third-order valence-electron chi connectivity index (χ3n) is 3.18. The van der Waals surface area contributed by atoms with Crippen molar-refractivity contribution < 1.29 is 9.53 Å². The van der Waals surface area contributed by atoms with Gasteiger partial charge in [0.1, 0.15) is 5.60 Å². The van der Waals surface area contributed by atoms with Crippen LogP contribution in [0.5, 0.6) is 0 Å². The van der Waals surface area contributed by atoms with E-state index in [0.29, 0.717) is 5.92 Å². The van der Waals surface area contributed by atoms with Crippen LogP contribution in [-0.2, 0) is 4.74 Å². The molecule has 3 nitrogen and oxygen atoms in total. The molecular formula is C12H21NO2. The summed E-state index contributed by atoms with van der Waals surface area (Å²) in [5.41, 5.74) is 1.07. The molecule has 0 aromatic heterocycles. The first-order valence-corrected chi connectivity index (χ1v) is 5.52. The summed E-state index contributed by atoms with van der Waals surface area (Å²) in [7, 11) is 1.59. The average molecular weight is 211 g/mol. The summed E-state index contributed by atoms with van der Waals surface area (Å²) in [5.74, 6) is 0.429. The van der Waals surface area contributed by atoms with E-state index in [1.807, 2.05) is 13.8 Å². The summed E-state index contributed by atoms with van der Waals surface area (Å²) in [6.07, 6.45) is 5.14. The Balaban J connectivity index is 2.58. The van der Waals surface area contributed by atoms with E-state index in [2.05, 4.69) is 18.3 Å². The molecule has 1 aliphatic rings. The summed E-state index contributed by atoms with van der Waals surface area (Å²) in [5, 5.41) is 2.49. The fraction of sp³-hybridized carbons (Fsp3) is 0.750. The van der Waals surface area contributed by atoms with E-state index in [1.165, 1.54) is 5.57 Å². The van der Waals surface area contributed by atoms with Crippen LogP contribution in [0.1, 0.15) is 40.0 Å². The predicted octanol–water partition coefficient (Wildman–Crippen LogP) is 2.87. The van der Waals surface area contributed by atoms with Crippen molar-refractivity contribution in [2.45, 2.75) is 45.6 Å². The lowest BCUT2D eigenvalue weighted by Crippen LogP contribution is -2.40. The van der Waals surface area contributed by atoms with Crippen molar-refractivity contribution in [1.82, 2.24) is 5.32 Å². The number of carbonyl (C=O) groups excluding carboxylic acids is 1. The van der Waals surface area contributed by atoms with Crippen molar-refractivity contribution in [3.63, 3.8) is 0 Å². The number of rotatable bonds is 2. The van der Waals surface area contributed by atoms with Crippen LogP contribution >= 0.6 is 0 Å². The number of hydrogen-bond donors (Lipinski definition) is 1. The number of allylic oxidation sites excluding steroid dienone is 2. The zero-order valence-electron chi connectivity index (χ0n) is 10.1. The van der Waals surface area contributed by atoms with E-state index in [9.17, 15) is 4.79 Å². The van der Waals surface area contributed by atoms with Crippen LogP contribution in [0.25, 0.3) is 0 Å². The van der Waals surface area contributed by atoms with E-state index >= 15 is 0 Å². The molecule has 0 aromatic carbocycles. The van der Waals surface area contributed by atoms with Crippen molar-refractivity contribution in [3.8, 4) is 0 Å². The van der Waals surface area contributed by atoms with Gasteiger partial charge in [-0.05, 0) is 40.0 Å². The number of alkyl carbamates (subject to hydrolysis) is 1. The van der Waals surface area contributed by atoms with Crippen LogP contribution in [-0.4, -0.2) is 18.7 Å². The van der Waals surface area contributed by atoms with Gasteiger partial charge in [-0.25, -0.2) is 4.79 Å². The van der Waals surface area contributed by atoms with Gasteiger partial charge in [0, 0.05) is 13.0 Å². The van der Waals surface area contributed by atoms with Gasteiger partial charge >= 0.3 is 6.09 Å². The second kappa shape index (κ2) is 4.69. The quantitative estimate of drug-likeness (QED) is 0.713. The van der Waals surface area contributed by atoms with Gasteiger partial charge in [0.25, 0.3) is 0 Å². The standard InChI is InChI=1S/C12H21NO2/c1-9-5-7-10(8-6-9)12(2,3)15-11(14)13-4/h5,10H,6-8H2,1-4H3,(H,13,14)/t10-/m1/s1. The van der Waals surface area contributed by atoms with Crippen LogP contribution in [0.4, 0.5) is 4.79 Å². The summed E-state index contributed by atoms with van der Waals surface area (Å²) in [6.45, 7) is 6.13. The average Bonchev–Trinajstić information content (AvgIpc) is 2.17. The van der Waals surface area contributed by atoms with Crippen molar-refractivity contribution in [2.75, 3.05) is 7.05 Å². The summed E-state index contributed by atoms with van der Waals surface area (Å²) >= 11 is 0. The molecule has 86 valence electrons. The molecule has 0 spiro atoms. The second-order valence-corrected chi connectivity index (χ2v) is 4.76. The van der Waals surface area contributed by atoms with Crippen molar-refractivity contribution in [2.24, 2.45) is 5.92 Å². The maximum atomic E-state index is 11.2. The second-order valence-electron chi connectivity index (χ2n) is 4.76. The molecular weight excluding hydrogens is 190 g/mol. The highest BCUT2D eigenvalue weighted by Crippen LogP contribution is 2.33. The van der Waals surface area contributed by atoms with Crippen molar-refractivity contribution in [1.29, 1.82) is 0 Å². The Morgan fingerprint density at radius 3 is 2.73 bits per heavy atom. The monoisotopic (exact) mass is 211 g/mol. The first kappa shape index (κ1) is 12.1. The minimum absolute atomic E-state index is 0.341. The zero-order valence-corrected chi connectivity index (χ0v) is 10.1. The first-order chi connectivity index (χ1) is 6.95. The van der Waals surface area contributed by atoms with Crippen molar-refractivity contribution in [3.05, 3.63) is 11.6 Å². The zero-order chi connectivity index (χ0) is 11.5. The molecule has 0 saturated carbocycles. The molecule has 0 fully saturated rings. The fourth-order valence-electron chi connectivity index (χ4n) is 1.97. The molecule has 0 saturated heterocycles. The Kier molecular flexibility index (Phi) is 3.77. The van der Waals surface area contributed by atoms with E-state index < -0.39 is 0 Å². The van der Waals surface area contributed by atoms with Crippen LogP contribution in [0, 0.1) is 5.92 Å². The molecule has 1 N–H and O–H groups in total. The third kappa shape index (κ3) is 3.26. The predicted molar refractivity (Wildman–Crippen MR) is 60.7 cm³/mol. The number of ether oxygens (including phenoxy) is 1. The van der Waals surface area contributed by atoms with Gasteiger partial charge in [-0.2, -0.15) is 0 Å². The Hall–Kier alpha value is -0.990. The smallest absolute Gasteiger partial charge is 0.407 e. The molecule has 0 heterocycles. The topological polar surface area (TPSA) is 38.3 Å². The van der Waals surface area contributed by atoms with E-state index in [-0.39, 0.29) is 11.7 Å². The minimum atomic E-state index is -0.378. The molecule has 1 aliphatic carbocycles. The van der Waals surface area contributed by atoms with E-state index in [4.69, 9.17) is 4.74 Å². The normalized spacial score (nSPS) is 21.9. The summed E-state index contributed by atoms with van der Waals surface area (Å²) in [6, 6.07) is 0. The number of carbonyl (C=O) groups is 1. The highest BCUT2D eigenvalue weighted by atomic mass is 16.6. The van der Waals surface area contributed by atoms with E-state index in [1.54, 1.807) is 7.05 Å². The van der Waals surface area contributed by atoms with Gasteiger partial charge in [-0.1, -0.05) is 11.6 Å². The molecule has 0 radical (unpaired) electrons. The largest absolute Gasteiger partial charge is 0.443 e. The maximum absolute atomic E-state index is 11.2. The number of hydrogen-bond acceptors (Lipinski definition) is 2. The Bertz CT molecular complexity index is 269. The van der Waals surface area contributed by atoms with Gasteiger partial charge in [0.2, 0.25) is 0 Å². The van der Waals surface area contributed by atoms with Gasteiger partial charge in [0.05, 0.1) is 0 Å². The van der Waals surface area contributed by atoms with Gasteiger partial charge in [0.15, 0.2) is 0 Å². The summed E-state index contributed by atoms with van der Waals surface area (Å²) < 4.78 is 5.38. The lowest BCUT2D eigenvalue weighted by molar-refractivity contribution is -0.00868. The van der Waals surface area contributed by atoms with Gasteiger partial charge in [-0.3, -0.25) is 0 Å². The molecule has 3 heteroatoms. The minimum Gasteiger partial charge on any atom is -0.443 e. The molecule has 1 atom stereocenters. The number of nitrogens with one attached hydrogen (secondary N) is 1. The maximum Gasteiger partial charge on any atom is 0.407 e. The lowest BCUT2D eigenvalue weighted by atomic mass is 9.79. The highest BCUT2D eigenvalue weighted by Gasteiger charge is 2.33. The fourth-order valence-corrected chi connectivity index (χ4v) is 1.97. The molecule has 0 bridgehead atoms. The molecule has 1 rings (SSSR count). The Labute approximate surface area is 91.9 Å². The van der Waals surface area contributed by atoms with Gasteiger partial charge < -0.3 is 10.1 Å². The molecule has 0 aromatic rings. The first-order valence-electron chi connectivity index (χ1n) is 5.52. The molecule has 0 unspecified atom stereocenters. The number of amides is 1. The molecule has 1 amide bonds. The molecule has 0 aliphatic heterocycles. The highest BCUT2D eigenvalue weighted by molar-refractivity contribution is 5.67. The molecule has 15 heavy (non-hydrogen) atoms. The van der Waals surface area contributed by atoms with Crippen LogP contribution in [0.3, 0.4) is 0 Å². The van der Waals surface area contributed by atoms with Crippen molar-refractivity contribution >= 4 is 6.09 Å². The van der Waals surface area contributed by atoms with Gasteiger partial charge in [-0.15, -0.1) is 0 Å². The Morgan fingerprint density at radius 1 is 1.60 bits per heavy atom. The van der Waals surface area contributed by atoms with Crippen LogP contribution in [0.15, 0.2) is 11.6 Å².